The van der Waals surface area contributed by atoms with E-state index in [1.807, 2.05) is 0 Å². The van der Waals surface area contributed by atoms with Crippen LogP contribution in [-0.2, 0) is 0 Å². The molecule has 0 bridgehead atoms. The molecule has 9 aromatic rings. The van der Waals surface area contributed by atoms with E-state index in [4.69, 9.17) is 9.98 Å². The van der Waals surface area contributed by atoms with Crippen LogP contribution in [0, 0.1) is 0 Å². The van der Waals surface area contributed by atoms with Crippen molar-refractivity contribution in [2.24, 2.45) is 4.99 Å². The molecule has 0 radical (unpaired) electrons. The fourth-order valence-electron chi connectivity index (χ4n) is 7.85. The van der Waals surface area contributed by atoms with Gasteiger partial charge in [0.1, 0.15) is 5.82 Å². The molecule has 4 heterocycles. The summed E-state index contributed by atoms with van der Waals surface area (Å²) in [5.74, 6) is 1.07. The van der Waals surface area contributed by atoms with Crippen molar-refractivity contribution in [1.82, 2.24) is 14.1 Å². The van der Waals surface area contributed by atoms with Crippen LogP contribution in [0.15, 0.2) is 181 Å². The van der Waals surface area contributed by atoms with Crippen molar-refractivity contribution < 1.29 is 0 Å². The molecule has 4 heteroatoms. The summed E-state index contributed by atoms with van der Waals surface area (Å²) in [5, 5.41) is 4.90. The maximum atomic E-state index is 5.38. The molecule has 0 N–H and O–H groups in total. The van der Waals surface area contributed by atoms with Gasteiger partial charge < -0.3 is 4.57 Å². The van der Waals surface area contributed by atoms with Gasteiger partial charge in [0.15, 0.2) is 0 Å². The molecule has 0 aliphatic carbocycles. The van der Waals surface area contributed by atoms with Gasteiger partial charge in [0.05, 0.1) is 33.5 Å². The Kier molecular flexibility index (Phi) is 6.59. The van der Waals surface area contributed by atoms with Crippen LogP contribution >= 0.6 is 0 Å². The average Bonchev–Trinajstić information content (AvgIpc) is 3.72. The van der Waals surface area contributed by atoms with Gasteiger partial charge in [-0.2, -0.15) is 0 Å². The highest BCUT2D eigenvalue weighted by molar-refractivity contribution is 6.26. The van der Waals surface area contributed by atoms with E-state index < -0.39 is 0 Å². The summed E-state index contributed by atoms with van der Waals surface area (Å²) >= 11 is 0. The fraction of sp³-hybridized carbons (Fsp3) is 0.0435. The molecular weight excluding hydrogens is 609 g/mol. The molecule has 0 saturated heterocycles. The van der Waals surface area contributed by atoms with E-state index in [0.29, 0.717) is 0 Å². The van der Waals surface area contributed by atoms with E-state index in [2.05, 4.69) is 185 Å². The Hall–Kier alpha value is -6.52. The summed E-state index contributed by atoms with van der Waals surface area (Å²) in [4.78, 5) is 10.6. The average molecular weight is 641 g/mol. The third kappa shape index (κ3) is 4.53. The van der Waals surface area contributed by atoms with Crippen LogP contribution in [0.1, 0.15) is 29.2 Å². The molecule has 1 aliphatic rings. The van der Waals surface area contributed by atoms with Crippen molar-refractivity contribution in [2.45, 2.75) is 12.3 Å². The molecule has 10 rings (SSSR count). The number of hydrogen-bond acceptors (Lipinski definition) is 2. The van der Waals surface area contributed by atoms with Gasteiger partial charge in [-0.1, -0.05) is 127 Å². The number of hydrogen-bond donors (Lipinski definition) is 0. The lowest BCUT2D eigenvalue weighted by molar-refractivity contribution is 0.877. The van der Waals surface area contributed by atoms with Gasteiger partial charge in [0, 0.05) is 45.3 Å². The van der Waals surface area contributed by atoms with Gasteiger partial charge in [0.25, 0.3) is 0 Å². The highest BCUT2D eigenvalue weighted by atomic mass is 15.1. The molecule has 4 nitrogen and oxygen atoms in total. The third-order valence-electron chi connectivity index (χ3n) is 10.1. The molecule has 50 heavy (non-hydrogen) atoms. The molecule has 0 saturated carbocycles. The minimum atomic E-state index is 0.200. The number of para-hydroxylation sites is 3. The quantitative estimate of drug-likeness (QED) is 0.184. The number of fused-ring (bicyclic) bond motifs is 7. The van der Waals surface area contributed by atoms with Crippen molar-refractivity contribution in [2.75, 3.05) is 0 Å². The van der Waals surface area contributed by atoms with Crippen LogP contribution in [0.4, 0.5) is 0 Å². The van der Waals surface area contributed by atoms with E-state index in [0.717, 1.165) is 51.6 Å². The van der Waals surface area contributed by atoms with Crippen LogP contribution in [0.5, 0.6) is 0 Å². The summed E-state index contributed by atoms with van der Waals surface area (Å²) < 4.78 is 4.74. The molecule has 1 aliphatic heterocycles. The van der Waals surface area contributed by atoms with Crippen molar-refractivity contribution in [3.05, 3.63) is 193 Å². The minimum absolute atomic E-state index is 0.200. The van der Waals surface area contributed by atoms with Gasteiger partial charge in [-0.25, -0.2) is 4.98 Å². The second kappa shape index (κ2) is 11.6. The van der Waals surface area contributed by atoms with Crippen LogP contribution in [0.2, 0.25) is 0 Å². The van der Waals surface area contributed by atoms with E-state index >= 15 is 0 Å². The predicted octanol–water partition coefficient (Wildman–Crippen LogP) is 11.3. The zero-order valence-corrected chi connectivity index (χ0v) is 27.3. The van der Waals surface area contributed by atoms with Crippen LogP contribution in [0.3, 0.4) is 0 Å². The third-order valence-corrected chi connectivity index (χ3v) is 10.1. The lowest BCUT2D eigenvalue weighted by atomic mass is 9.88. The number of aliphatic imine (C=N–C) groups is 1. The Balaban J connectivity index is 1.21. The second-order valence-electron chi connectivity index (χ2n) is 13.0. The smallest absolute Gasteiger partial charge is 0.138 e. The first-order chi connectivity index (χ1) is 24.8. The minimum Gasteiger partial charge on any atom is -0.309 e. The van der Waals surface area contributed by atoms with Gasteiger partial charge in [-0.3, -0.25) is 9.56 Å². The maximum absolute atomic E-state index is 5.38. The van der Waals surface area contributed by atoms with E-state index in [1.54, 1.807) is 0 Å². The molecule has 0 fully saturated rings. The molecular formula is C46H32N4. The number of nitrogens with zero attached hydrogens (tertiary/aromatic N) is 4. The van der Waals surface area contributed by atoms with E-state index in [9.17, 15) is 0 Å². The number of pyridine rings is 1. The summed E-state index contributed by atoms with van der Waals surface area (Å²) in [6.45, 7) is 0. The SMILES string of the molecule is C1=C(c2cccc(-n3c4ccccc4c4c3ccc3c5ccccc5n(-c5ccccc5)c34)n2)N=C(c2ccccc2)CC1c1ccccc1. The summed E-state index contributed by atoms with van der Waals surface area (Å²) in [7, 11) is 0. The molecule has 6 aromatic carbocycles. The van der Waals surface area contributed by atoms with Crippen molar-refractivity contribution >= 4 is 55.0 Å². The standard InChI is InChI=1S/C46H32N4/c1-4-15-31(16-5-1)33-29-39(32-17-6-2-7-18-32)47-40(30-33)38-23-14-26-44(48-38)50-42-25-13-11-22-37(42)45-43(50)28-27-36-35-21-10-12-24-41(35)49(46(36)45)34-19-8-3-9-20-34/h1-28,30,33H,29H2. The number of benzene rings is 6. The van der Waals surface area contributed by atoms with Crippen LogP contribution in [-0.4, -0.2) is 19.8 Å². The number of allylic oxidation sites excluding steroid dienone is 1. The number of rotatable bonds is 5. The van der Waals surface area contributed by atoms with Gasteiger partial charge in [-0.15, -0.1) is 0 Å². The highest BCUT2D eigenvalue weighted by Crippen LogP contribution is 2.42. The van der Waals surface area contributed by atoms with E-state index in [1.165, 1.54) is 38.1 Å². The summed E-state index contributed by atoms with van der Waals surface area (Å²) in [6.07, 6.45) is 3.14. The Morgan fingerprint density at radius 3 is 1.94 bits per heavy atom. The second-order valence-corrected chi connectivity index (χ2v) is 13.0. The predicted molar refractivity (Wildman–Crippen MR) is 208 cm³/mol. The first-order valence-electron chi connectivity index (χ1n) is 17.2. The molecule has 1 unspecified atom stereocenters. The zero-order chi connectivity index (χ0) is 33.0. The largest absolute Gasteiger partial charge is 0.309 e. The highest BCUT2D eigenvalue weighted by Gasteiger charge is 2.23. The van der Waals surface area contributed by atoms with Gasteiger partial charge in [-0.05, 0) is 59.7 Å². The molecule has 0 spiro atoms. The monoisotopic (exact) mass is 640 g/mol. The number of aromatic nitrogens is 3. The molecule has 236 valence electrons. The molecule has 3 aromatic heterocycles. The van der Waals surface area contributed by atoms with Gasteiger partial charge in [0.2, 0.25) is 0 Å². The van der Waals surface area contributed by atoms with E-state index in [-0.39, 0.29) is 5.92 Å². The Morgan fingerprint density at radius 2 is 1.16 bits per heavy atom. The van der Waals surface area contributed by atoms with Crippen molar-refractivity contribution in [3.8, 4) is 11.5 Å². The molecule has 1 atom stereocenters. The first kappa shape index (κ1) is 28.5. The van der Waals surface area contributed by atoms with Crippen molar-refractivity contribution in [3.63, 3.8) is 0 Å². The zero-order valence-electron chi connectivity index (χ0n) is 27.3. The van der Waals surface area contributed by atoms with Crippen LogP contribution in [0.25, 0.3) is 60.8 Å². The fourth-order valence-corrected chi connectivity index (χ4v) is 7.85. The maximum Gasteiger partial charge on any atom is 0.138 e. The van der Waals surface area contributed by atoms with Gasteiger partial charge >= 0.3 is 0 Å². The van der Waals surface area contributed by atoms with Crippen molar-refractivity contribution in [1.29, 1.82) is 0 Å². The first-order valence-corrected chi connectivity index (χ1v) is 17.2. The Morgan fingerprint density at radius 1 is 0.500 bits per heavy atom. The Bertz CT molecular complexity index is 2770. The summed E-state index contributed by atoms with van der Waals surface area (Å²) in [5.41, 5.74) is 11.1. The normalized spacial score (nSPS) is 14.8. The summed E-state index contributed by atoms with van der Waals surface area (Å²) in [6, 6.07) is 60.3. The topological polar surface area (TPSA) is 35.1 Å². The lowest BCUT2D eigenvalue weighted by Gasteiger charge is -2.22. The van der Waals surface area contributed by atoms with Crippen LogP contribution < -0.4 is 0 Å². The molecule has 0 amide bonds. The lowest BCUT2D eigenvalue weighted by Crippen LogP contribution is -2.13. The Labute approximate surface area is 289 Å².